The first-order valence-corrected chi connectivity index (χ1v) is 7.08. The Labute approximate surface area is 122 Å². The van der Waals surface area contributed by atoms with Gasteiger partial charge in [-0.1, -0.05) is 33.6 Å². The topological polar surface area (TPSA) is 32.3 Å². The average Bonchev–Trinajstić information content (AvgIpc) is 2.30. The van der Waals surface area contributed by atoms with Crippen molar-refractivity contribution in [3.63, 3.8) is 0 Å². The van der Waals surface area contributed by atoms with Crippen LogP contribution in [0.2, 0.25) is 0 Å². The first-order valence-electron chi connectivity index (χ1n) is 6.29. The van der Waals surface area contributed by atoms with Crippen molar-refractivity contribution in [2.24, 2.45) is 0 Å². The van der Waals surface area contributed by atoms with E-state index in [1.165, 1.54) is 5.56 Å². The number of anilines is 1. The lowest BCUT2D eigenvalue weighted by atomic mass is 10.0. The minimum atomic E-state index is 0.0496. The number of phenolic OH excluding ortho intramolecular Hbond substituents is 1. The zero-order valence-corrected chi connectivity index (χ0v) is 13.0. The van der Waals surface area contributed by atoms with Crippen molar-refractivity contribution in [1.29, 1.82) is 0 Å². The first kappa shape index (κ1) is 13.9. The number of benzene rings is 2. The second kappa shape index (κ2) is 5.66. The van der Waals surface area contributed by atoms with Crippen molar-refractivity contribution < 1.29 is 5.11 Å². The van der Waals surface area contributed by atoms with E-state index in [9.17, 15) is 5.11 Å². The smallest absolute Gasteiger partial charge is 0.120 e. The van der Waals surface area contributed by atoms with E-state index < -0.39 is 0 Å². The van der Waals surface area contributed by atoms with Gasteiger partial charge in [0.1, 0.15) is 5.75 Å². The number of hydrogen-bond acceptors (Lipinski definition) is 2. The molecule has 0 aliphatic carbocycles. The Morgan fingerprint density at radius 2 is 1.79 bits per heavy atom. The molecule has 19 heavy (non-hydrogen) atoms. The van der Waals surface area contributed by atoms with Gasteiger partial charge in [-0.05, 0) is 50.6 Å². The van der Waals surface area contributed by atoms with Crippen molar-refractivity contribution in [3.05, 3.63) is 57.6 Å². The summed E-state index contributed by atoms with van der Waals surface area (Å²) in [6.07, 6.45) is 0. The third kappa shape index (κ3) is 3.51. The number of phenols is 1. The molecule has 0 aliphatic heterocycles. The molecule has 0 saturated carbocycles. The third-order valence-electron chi connectivity index (χ3n) is 3.07. The van der Waals surface area contributed by atoms with Crippen LogP contribution in [0.4, 0.5) is 5.69 Å². The Balaban J connectivity index is 2.25. The molecular weight excluding hydrogens is 302 g/mol. The molecule has 0 heterocycles. The molecule has 0 spiro atoms. The van der Waals surface area contributed by atoms with E-state index in [1.807, 2.05) is 32.0 Å². The Morgan fingerprint density at radius 3 is 2.47 bits per heavy atom. The molecule has 100 valence electrons. The van der Waals surface area contributed by atoms with Gasteiger partial charge in [-0.25, -0.2) is 0 Å². The van der Waals surface area contributed by atoms with Crippen LogP contribution in [0, 0.1) is 13.8 Å². The molecule has 1 atom stereocenters. The predicted octanol–water partition coefficient (Wildman–Crippen LogP) is 4.94. The fourth-order valence-corrected chi connectivity index (χ4v) is 2.78. The Bertz CT molecular complexity index is 575. The van der Waals surface area contributed by atoms with E-state index >= 15 is 0 Å². The average molecular weight is 320 g/mol. The van der Waals surface area contributed by atoms with Crippen molar-refractivity contribution in [1.82, 2.24) is 0 Å². The Kier molecular flexibility index (Phi) is 4.15. The van der Waals surface area contributed by atoms with E-state index in [-0.39, 0.29) is 6.04 Å². The van der Waals surface area contributed by atoms with E-state index in [0.717, 1.165) is 21.3 Å². The van der Waals surface area contributed by atoms with E-state index in [0.29, 0.717) is 5.75 Å². The highest BCUT2D eigenvalue weighted by molar-refractivity contribution is 9.10. The van der Waals surface area contributed by atoms with Gasteiger partial charge in [0.15, 0.2) is 0 Å². The molecule has 0 saturated heterocycles. The maximum absolute atomic E-state index is 9.94. The number of aryl methyl sites for hydroxylation is 2. The molecule has 2 aromatic carbocycles. The highest BCUT2D eigenvalue weighted by Gasteiger charge is 2.10. The molecule has 2 N–H and O–H groups in total. The lowest BCUT2D eigenvalue weighted by molar-refractivity contribution is 0.465. The summed E-state index contributed by atoms with van der Waals surface area (Å²) < 4.78 is 1.05. The second-order valence-electron chi connectivity index (χ2n) is 4.95. The van der Waals surface area contributed by atoms with Crippen molar-refractivity contribution in [2.45, 2.75) is 26.8 Å². The van der Waals surface area contributed by atoms with Gasteiger partial charge >= 0.3 is 0 Å². The van der Waals surface area contributed by atoms with Crippen molar-refractivity contribution in [3.8, 4) is 5.75 Å². The van der Waals surface area contributed by atoms with Crippen LogP contribution in [0.1, 0.15) is 29.7 Å². The Hall–Kier alpha value is -1.48. The van der Waals surface area contributed by atoms with E-state index in [4.69, 9.17) is 0 Å². The van der Waals surface area contributed by atoms with Gasteiger partial charge in [-0.3, -0.25) is 0 Å². The van der Waals surface area contributed by atoms with Gasteiger partial charge in [0.2, 0.25) is 0 Å². The van der Waals surface area contributed by atoms with Crippen LogP contribution in [0.5, 0.6) is 5.75 Å². The summed E-state index contributed by atoms with van der Waals surface area (Å²) in [5.41, 5.74) is 4.29. The van der Waals surface area contributed by atoms with Gasteiger partial charge in [-0.2, -0.15) is 0 Å². The largest absolute Gasteiger partial charge is 0.508 e. The van der Waals surface area contributed by atoms with Crippen LogP contribution >= 0.6 is 15.9 Å². The van der Waals surface area contributed by atoms with Crippen LogP contribution < -0.4 is 5.32 Å². The summed E-state index contributed by atoms with van der Waals surface area (Å²) in [7, 11) is 0. The number of aromatic hydroxyl groups is 1. The predicted molar refractivity (Wildman–Crippen MR) is 83.8 cm³/mol. The normalized spacial score (nSPS) is 12.2. The number of nitrogens with one attached hydrogen (secondary N) is 1. The van der Waals surface area contributed by atoms with Crippen LogP contribution in [-0.2, 0) is 0 Å². The van der Waals surface area contributed by atoms with E-state index in [1.54, 1.807) is 6.07 Å². The summed E-state index contributed by atoms with van der Waals surface area (Å²) in [6, 6.07) is 11.9. The van der Waals surface area contributed by atoms with Crippen LogP contribution in [0.15, 0.2) is 40.9 Å². The summed E-state index contributed by atoms with van der Waals surface area (Å²) >= 11 is 3.50. The molecule has 0 amide bonds. The quantitative estimate of drug-likeness (QED) is 0.839. The minimum absolute atomic E-state index is 0.0496. The first-order chi connectivity index (χ1) is 8.95. The molecule has 0 fully saturated rings. The van der Waals surface area contributed by atoms with Crippen molar-refractivity contribution in [2.75, 3.05) is 5.32 Å². The van der Waals surface area contributed by atoms with Crippen molar-refractivity contribution >= 4 is 21.6 Å². The summed E-state index contributed by atoms with van der Waals surface area (Å²) in [5, 5.41) is 13.4. The second-order valence-corrected chi connectivity index (χ2v) is 5.86. The van der Waals surface area contributed by atoms with Crippen LogP contribution in [-0.4, -0.2) is 5.11 Å². The monoisotopic (exact) mass is 319 g/mol. The van der Waals surface area contributed by atoms with Crippen LogP contribution in [0.3, 0.4) is 0 Å². The highest BCUT2D eigenvalue weighted by Crippen LogP contribution is 2.29. The molecule has 0 bridgehead atoms. The van der Waals surface area contributed by atoms with Gasteiger partial charge in [0, 0.05) is 15.7 Å². The number of rotatable bonds is 3. The fourth-order valence-electron chi connectivity index (χ4n) is 2.17. The minimum Gasteiger partial charge on any atom is -0.508 e. The standard InChI is InChI=1S/C16H18BrNO/c1-10-4-5-16(19)15(8-10)12(3)18-14-7-11(2)6-13(17)9-14/h4-9,12,18-19H,1-3H3. The third-order valence-corrected chi connectivity index (χ3v) is 3.53. The highest BCUT2D eigenvalue weighted by atomic mass is 79.9. The molecular formula is C16H18BrNO. The SMILES string of the molecule is Cc1cc(Br)cc(NC(C)c2cc(C)ccc2O)c1. The zero-order valence-electron chi connectivity index (χ0n) is 11.4. The molecule has 0 aromatic heterocycles. The summed E-state index contributed by atoms with van der Waals surface area (Å²) in [5.74, 6) is 0.331. The maximum Gasteiger partial charge on any atom is 0.120 e. The zero-order chi connectivity index (χ0) is 14.0. The van der Waals surface area contributed by atoms with Crippen LogP contribution in [0.25, 0.3) is 0 Å². The molecule has 2 rings (SSSR count). The molecule has 2 aromatic rings. The molecule has 0 aliphatic rings. The maximum atomic E-state index is 9.94. The molecule has 0 radical (unpaired) electrons. The molecule has 1 unspecified atom stereocenters. The lowest BCUT2D eigenvalue weighted by Gasteiger charge is -2.18. The summed E-state index contributed by atoms with van der Waals surface area (Å²) in [6.45, 7) is 6.13. The molecule has 3 heteroatoms. The lowest BCUT2D eigenvalue weighted by Crippen LogP contribution is -2.07. The number of halogens is 1. The molecule has 2 nitrogen and oxygen atoms in total. The van der Waals surface area contributed by atoms with Gasteiger partial charge < -0.3 is 10.4 Å². The van der Waals surface area contributed by atoms with E-state index in [2.05, 4.69) is 40.3 Å². The van der Waals surface area contributed by atoms with Gasteiger partial charge in [-0.15, -0.1) is 0 Å². The fraction of sp³-hybridized carbons (Fsp3) is 0.250. The van der Waals surface area contributed by atoms with Gasteiger partial charge in [0.25, 0.3) is 0 Å². The number of hydrogen-bond donors (Lipinski definition) is 2. The van der Waals surface area contributed by atoms with Gasteiger partial charge in [0.05, 0.1) is 6.04 Å². The summed E-state index contributed by atoms with van der Waals surface area (Å²) in [4.78, 5) is 0. The Morgan fingerprint density at radius 1 is 1.05 bits per heavy atom.